The van der Waals surface area contributed by atoms with Crippen LogP contribution in [-0.4, -0.2) is 75.3 Å². The van der Waals surface area contributed by atoms with Crippen LogP contribution in [0.15, 0.2) is 46.4 Å². The molecule has 0 unspecified atom stereocenters. The molecule has 1 fully saturated rings. The van der Waals surface area contributed by atoms with Crippen molar-refractivity contribution in [2.24, 2.45) is 5.16 Å². The maximum Gasteiger partial charge on any atom is 0.280 e. The van der Waals surface area contributed by atoms with Gasteiger partial charge in [0, 0.05) is 26.3 Å². The van der Waals surface area contributed by atoms with Crippen LogP contribution in [0.1, 0.15) is 18.9 Å². The first kappa shape index (κ1) is 25.9. The second kappa shape index (κ2) is 11.3. The van der Waals surface area contributed by atoms with Crippen molar-refractivity contribution in [1.82, 2.24) is 9.97 Å². The largest absolute Gasteiger partial charge is 0.390 e. The number of benzene rings is 1. The van der Waals surface area contributed by atoms with Crippen molar-refractivity contribution in [3.05, 3.63) is 42.0 Å². The molecule has 3 aromatic rings. The lowest BCUT2D eigenvalue weighted by Crippen LogP contribution is -2.26. The van der Waals surface area contributed by atoms with E-state index in [4.69, 9.17) is 14.3 Å². The molecular weight excluding hydrogens is 506 g/mol. The molecule has 1 amide bonds. The number of fused-ring (bicyclic) bond motifs is 1. The van der Waals surface area contributed by atoms with E-state index in [-0.39, 0.29) is 23.8 Å². The highest BCUT2D eigenvalue weighted by atomic mass is 32.2. The Bertz CT molecular complexity index is 1350. The lowest BCUT2D eigenvalue weighted by molar-refractivity contribution is -0.110. The second-order valence-corrected chi connectivity index (χ2v) is 11.3. The average molecular weight is 534 g/mol. The molecule has 0 radical (unpaired) electrons. The fraction of sp³-hybridized carbons (Fsp3) is 0.391. The van der Waals surface area contributed by atoms with Crippen LogP contribution in [0.25, 0.3) is 10.3 Å². The molecule has 192 valence electrons. The van der Waals surface area contributed by atoms with Gasteiger partial charge in [-0.05, 0) is 37.6 Å². The zero-order valence-electron chi connectivity index (χ0n) is 20.1. The van der Waals surface area contributed by atoms with Gasteiger partial charge in [0.25, 0.3) is 5.91 Å². The molecule has 0 spiro atoms. The Morgan fingerprint density at radius 1 is 1.25 bits per heavy atom. The molecule has 2 atom stereocenters. The summed E-state index contributed by atoms with van der Waals surface area (Å²) in [4.78, 5) is 28.3. The summed E-state index contributed by atoms with van der Waals surface area (Å²) in [5.41, 5.74) is 0.993. The number of nitrogens with one attached hydrogen (secondary N) is 2. The predicted molar refractivity (Wildman–Crippen MR) is 137 cm³/mol. The van der Waals surface area contributed by atoms with Gasteiger partial charge in [-0.3, -0.25) is 10.1 Å². The summed E-state index contributed by atoms with van der Waals surface area (Å²) in [6.45, 7) is 2.63. The maximum atomic E-state index is 13.2. The number of anilines is 2. The van der Waals surface area contributed by atoms with E-state index in [2.05, 4.69) is 25.8 Å². The molecule has 2 N–H and O–H groups in total. The van der Waals surface area contributed by atoms with Crippen molar-refractivity contribution in [3.8, 4) is 0 Å². The van der Waals surface area contributed by atoms with E-state index in [1.165, 1.54) is 42.7 Å². The monoisotopic (exact) mass is 533 g/mol. The lowest BCUT2D eigenvalue weighted by atomic mass is 10.1. The van der Waals surface area contributed by atoms with Crippen LogP contribution in [0.5, 0.6) is 0 Å². The third-order valence-corrected chi connectivity index (χ3v) is 8.51. The number of sulfone groups is 1. The van der Waals surface area contributed by atoms with Gasteiger partial charge in [0.2, 0.25) is 0 Å². The molecule has 0 saturated carbocycles. The molecule has 1 saturated heterocycles. The van der Waals surface area contributed by atoms with E-state index in [9.17, 15) is 13.2 Å². The number of nitrogens with zero attached hydrogens (tertiary/aromatic N) is 3. The Hall–Kier alpha value is -3.13. The zero-order valence-corrected chi connectivity index (χ0v) is 21.7. The van der Waals surface area contributed by atoms with Crippen molar-refractivity contribution in [3.63, 3.8) is 0 Å². The summed E-state index contributed by atoms with van der Waals surface area (Å²) < 4.78 is 36.0. The van der Waals surface area contributed by atoms with Crippen LogP contribution in [0.2, 0.25) is 0 Å². The van der Waals surface area contributed by atoms with Crippen LogP contribution in [0.4, 0.5) is 10.9 Å². The molecule has 1 aliphatic rings. The van der Waals surface area contributed by atoms with Gasteiger partial charge in [-0.25, -0.2) is 18.4 Å². The SMILES string of the molecule is CNc1ccc2nc(NC(=O)C(=NO[C@H](C)COC)c3ccc(S(=O)(=O)[C@H]4CCOC4)cc3)sc2n1. The van der Waals surface area contributed by atoms with Crippen LogP contribution in [0.3, 0.4) is 0 Å². The first-order chi connectivity index (χ1) is 17.3. The van der Waals surface area contributed by atoms with Crippen LogP contribution in [-0.2, 0) is 28.9 Å². The number of carbonyl (C=O) groups is 1. The van der Waals surface area contributed by atoms with E-state index in [0.29, 0.717) is 39.9 Å². The van der Waals surface area contributed by atoms with E-state index < -0.39 is 27.1 Å². The van der Waals surface area contributed by atoms with E-state index >= 15 is 0 Å². The number of amides is 1. The summed E-state index contributed by atoms with van der Waals surface area (Å²) in [5, 5.41) is 9.54. The second-order valence-electron chi connectivity index (χ2n) is 8.11. The van der Waals surface area contributed by atoms with Gasteiger partial charge in [0.05, 0.1) is 23.4 Å². The number of hydrogen-bond acceptors (Lipinski definition) is 11. The number of hydrogen-bond donors (Lipinski definition) is 2. The maximum absolute atomic E-state index is 13.2. The van der Waals surface area contributed by atoms with Crippen molar-refractivity contribution in [2.45, 2.75) is 29.6 Å². The Balaban J connectivity index is 1.60. The topological polar surface area (TPSA) is 141 Å². The fourth-order valence-electron chi connectivity index (χ4n) is 3.55. The van der Waals surface area contributed by atoms with E-state index in [1.54, 1.807) is 26.1 Å². The Kier molecular flexibility index (Phi) is 8.14. The minimum Gasteiger partial charge on any atom is -0.390 e. The zero-order chi connectivity index (χ0) is 25.7. The van der Waals surface area contributed by atoms with Gasteiger partial charge < -0.3 is 19.6 Å². The Morgan fingerprint density at radius 2 is 2.03 bits per heavy atom. The average Bonchev–Trinajstić information content (AvgIpc) is 3.54. The standard InChI is InChI=1S/C23H27N5O6S2/c1-14(12-32-3)34-28-20(15-4-6-16(7-5-15)36(30,31)17-10-11-33-13-17)21(29)27-23-25-18-8-9-19(24-2)26-22(18)35-23/h4-9,14,17H,10-13H2,1-3H3,(H,24,26)(H,25,27,29)/t14-,17+/m1/s1. The normalized spacial score (nSPS) is 17.2. The lowest BCUT2D eigenvalue weighted by Gasteiger charge is -2.12. The number of thiazole rings is 1. The number of oxime groups is 1. The van der Waals surface area contributed by atoms with Gasteiger partial charge in [-0.15, -0.1) is 0 Å². The molecule has 0 bridgehead atoms. The van der Waals surface area contributed by atoms with Crippen molar-refractivity contribution >= 4 is 54.1 Å². The van der Waals surface area contributed by atoms with Crippen molar-refractivity contribution < 1.29 is 27.5 Å². The molecular formula is C23H27N5O6S2. The molecule has 2 aromatic heterocycles. The number of carbonyl (C=O) groups excluding carboxylic acids is 1. The van der Waals surface area contributed by atoms with Gasteiger partial charge >= 0.3 is 0 Å². The minimum absolute atomic E-state index is 0.0331. The summed E-state index contributed by atoms with van der Waals surface area (Å²) in [6.07, 6.45) is 0.0449. The first-order valence-electron chi connectivity index (χ1n) is 11.2. The van der Waals surface area contributed by atoms with E-state index in [0.717, 1.165) is 0 Å². The van der Waals surface area contributed by atoms with Crippen LogP contribution >= 0.6 is 11.3 Å². The Morgan fingerprint density at radius 3 is 2.69 bits per heavy atom. The molecule has 36 heavy (non-hydrogen) atoms. The molecule has 1 aromatic carbocycles. The molecule has 0 aliphatic carbocycles. The molecule has 1 aliphatic heterocycles. The summed E-state index contributed by atoms with van der Waals surface area (Å²) >= 11 is 1.22. The van der Waals surface area contributed by atoms with Crippen molar-refractivity contribution in [1.29, 1.82) is 0 Å². The van der Waals surface area contributed by atoms with Crippen LogP contribution < -0.4 is 10.6 Å². The third-order valence-electron chi connectivity index (χ3n) is 5.46. The molecule has 11 nitrogen and oxygen atoms in total. The highest BCUT2D eigenvalue weighted by Crippen LogP contribution is 2.26. The number of aromatic nitrogens is 2. The van der Waals surface area contributed by atoms with E-state index in [1.807, 2.05) is 0 Å². The number of rotatable bonds is 10. The van der Waals surface area contributed by atoms with Gasteiger partial charge in [-0.1, -0.05) is 28.6 Å². The summed E-state index contributed by atoms with van der Waals surface area (Å²) in [5.74, 6) is 0.123. The van der Waals surface area contributed by atoms with Crippen LogP contribution in [0, 0.1) is 0 Å². The van der Waals surface area contributed by atoms with Gasteiger partial charge in [0.1, 0.15) is 22.3 Å². The quantitative estimate of drug-likeness (QED) is 0.297. The Labute approximate surface area is 212 Å². The highest BCUT2D eigenvalue weighted by Gasteiger charge is 2.31. The number of methoxy groups -OCH3 is 1. The third kappa shape index (κ3) is 5.81. The number of ether oxygens (including phenoxy) is 2. The molecule has 4 rings (SSSR count). The smallest absolute Gasteiger partial charge is 0.280 e. The predicted octanol–water partition coefficient (Wildman–Crippen LogP) is 2.69. The highest BCUT2D eigenvalue weighted by molar-refractivity contribution is 7.92. The fourth-order valence-corrected chi connectivity index (χ4v) is 5.97. The summed E-state index contributed by atoms with van der Waals surface area (Å²) in [6, 6.07) is 9.59. The minimum atomic E-state index is -3.54. The van der Waals surface area contributed by atoms with Gasteiger partial charge in [0.15, 0.2) is 20.7 Å². The molecule has 13 heteroatoms. The number of pyridine rings is 1. The molecule has 3 heterocycles. The summed E-state index contributed by atoms with van der Waals surface area (Å²) in [7, 11) is -0.236. The first-order valence-corrected chi connectivity index (χ1v) is 13.6. The van der Waals surface area contributed by atoms with Gasteiger partial charge in [-0.2, -0.15) is 0 Å². The van der Waals surface area contributed by atoms with Crippen molar-refractivity contribution in [2.75, 3.05) is 44.6 Å².